The number of fused-ring (bicyclic) bond motifs is 2. The number of aryl methyl sites for hydroxylation is 1. The minimum atomic E-state index is -1.22. The zero-order valence-corrected chi connectivity index (χ0v) is 26.1. The highest BCUT2D eigenvalue weighted by molar-refractivity contribution is 6.31. The van der Waals surface area contributed by atoms with Gasteiger partial charge in [0.05, 0.1) is 18.1 Å². The van der Waals surface area contributed by atoms with Crippen LogP contribution in [-0.4, -0.2) is 32.0 Å². The van der Waals surface area contributed by atoms with E-state index in [2.05, 4.69) is 27.8 Å². The van der Waals surface area contributed by atoms with Crippen LogP contribution in [0, 0.1) is 0 Å². The summed E-state index contributed by atoms with van der Waals surface area (Å²) in [6.07, 6.45) is 1.74. The van der Waals surface area contributed by atoms with Crippen LogP contribution in [0.5, 0.6) is 5.75 Å². The van der Waals surface area contributed by atoms with Gasteiger partial charge in [-0.2, -0.15) is 0 Å². The molecule has 1 heterocycles. The standard InChI is InChI=1S/C38H31ClN4O4/c39-32-19-18-30(47-36(38(45)46)27-15-13-25(14-16-27)24-7-2-1-3-8-24)21-29(32)23-43-35-20-17-28(22-34(35)41-42-43)37(44)40-33-12-6-10-26-9-4-5-11-31(26)33/h1-5,7-9,11,13-22,33,36H,6,10,12,23H2,(H,40,44)(H,45,46). The Labute approximate surface area is 276 Å². The number of ether oxygens (including phenoxy) is 1. The van der Waals surface area contributed by atoms with E-state index in [1.165, 1.54) is 11.1 Å². The van der Waals surface area contributed by atoms with Gasteiger partial charge in [0.1, 0.15) is 11.3 Å². The topological polar surface area (TPSA) is 106 Å². The molecular formula is C38H31ClN4O4. The van der Waals surface area contributed by atoms with Crippen molar-refractivity contribution in [2.75, 3.05) is 0 Å². The SMILES string of the molecule is O=C(NC1CCCc2ccccc21)c1ccc2c(c1)nnn2Cc1cc(OC(C(=O)O)c2ccc(-c3ccccc3)cc2)ccc1Cl. The molecule has 0 bridgehead atoms. The number of halogens is 1. The van der Waals surface area contributed by atoms with Gasteiger partial charge in [-0.1, -0.05) is 95.7 Å². The molecule has 8 nitrogen and oxygen atoms in total. The predicted octanol–water partition coefficient (Wildman–Crippen LogP) is 7.81. The summed E-state index contributed by atoms with van der Waals surface area (Å²) in [5.41, 5.74) is 7.50. The maximum atomic E-state index is 13.2. The normalized spacial score (nSPS) is 14.7. The third kappa shape index (κ3) is 6.46. The molecule has 0 aliphatic heterocycles. The van der Waals surface area contributed by atoms with Gasteiger partial charge in [0.25, 0.3) is 5.91 Å². The number of aromatic nitrogens is 3. The molecule has 2 unspecified atom stereocenters. The first-order valence-corrected chi connectivity index (χ1v) is 15.9. The largest absolute Gasteiger partial charge is 0.478 e. The number of carboxylic acid groups (broad SMARTS) is 1. The third-order valence-electron chi connectivity index (χ3n) is 8.59. The molecule has 1 aliphatic rings. The van der Waals surface area contributed by atoms with Crippen molar-refractivity contribution < 1.29 is 19.4 Å². The van der Waals surface area contributed by atoms with Crippen LogP contribution in [0.4, 0.5) is 0 Å². The molecule has 9 heteroatoms. The Kier molecular flexibility index (Phi) is 8.42. The number of hydrogen-bond donors (Lipinski definition) is 2. The Morgan fingerprint density at radius 2 is 1.68 bits per heavy atom. The molecule has 6 aromatic rings. The number of nitrogens with one attached hydrogen (secondary N) is 1. The average molecular weight is 643 g/mol. The summed E-state index contributed by atoms with van der Waals surface area (Å²) < 4.78 is 7.68. The Morgan fingerprint density at radius 1 is 0.915 bits per heavy atom. The second kappa shape index (κ2) is 13.1. The van der Waals surface area contributed by atoms with Crippen LogP contribution in [0.25, 0.3) is 22.2 Å². The number of rotatable bonds is 9. The summed E-state index contributed by atoms with van der Waals surface area (Å²) in [4.78, 5) is 25.5. The van der Waals surface area contributed by atoms with E-state index in [1.54, 1.807) is 47.1 Å². The maximum Gasteiger partial charge on any atom is 0.349 e. The monoisotopic (exact) mass is 642 g/mol. The number of amides is 1. The van der Waals surface area contributed by atoms with Gasteiger partial charge >= 0.3 is 5.97 Å². The Morgan fingerprint density at radius 3 is 2.49 bits per heavy atom. The van der Waals surface area contributed by atoms with Gasteiger partial charge in [0.15, 0.2) is 0 Å². The fourth-order valence-electron chi connectivity index (χ4n) is 6.16. The first-order valence-electron chi connectivity index (χ1n) is 15.5. The Bertz CT molecular complexity index is 2080. The predicted molar refractivity (Wildman–Crippen MR) is 181 cm³/mol. The molecule has 5 aromatic carbocycles. The van der Waals surface area contributed by atoms with Gasteiger partial charge < -0.3 is 15.2 Å². The zero-order chi connectivity index (χ0) is 32.3. The lowest BCUT2D eigenvalue weighted by molar-refractivity contribution is -0.145. The van der Waals surface area contributed by atoms with E-state index < -0.39 is 12.1 Å². The fourth-order valence-corrected chi connectivity index (χ4v) is 6.34. The molecule has 1 aliphatic carbocycles. The second-order valence-electron chi connectivity index (χ2n) is 11.6. The van der Waals surface area contributed by atoms with E-state index in [0.29, 0.717) is 33.0 Å². The molecule has 2 atom stereocenters. The van der Waals surface area contributed by atoms with E-state index in [9.17, 15) is 14.7 Å². The van der Waals surface area contributed by atoms with Crippen molar-refractivity contribution in [2.24, 2.45) is 0 Å². The zero-order valence-electron chi connectivity index (χ0n) is 25.3. The number of hydrogen-bond acceptors (Lipinski definition) is 5. The van der Waals surface area contributed by atoms with Crippen molar-refractivity contribution in [1.82, 2.24) is 20.3 Å². The van der Waals surface area contributed by atoms with Crippen molar-refractivity contribution in [3.8, 4) is 16.9 Å². The van der Waals surface area contributed by atoms with E-state index in [4.69, 9.17) is 16.3 Å². The summed E-state index contributed by atoms with van der Waals surface area (Å²) >= 11 is 6.57. The molecular weight excluding hydrogens is 612 g/mol. The molecule has 0 radical (unpaired) electrons. The van der Waals surface area contributed by atoms with Gasteiger partial charge in [0, 0.05) is 16.1 Å². The molecule has 234 valence electrons. The van der Waals surface area contributed by atoms with Crippen LogP contribution in [0.3, 0.4) is 0 Å². The number of carbonyl (C=O) groups excluding carboxylic acids is 1. The molecule has 0 fully saturated rings. The maximum absolute atomic E-state index is 13.2. The lowest BCUT2D eigenvalue weighted by atomic mass is 9.87. The van der Waals surface area contributed by atoms with Gasteiger partial charge in [-0.3, -0.25) is 4.79 Å². The number of benzene rings is 5. The average Bonchev–Trinajstić information content (AvgIpc) is 3.51. The lowest BCUT2D eigenvalue weighted by Gasteiger charge is -2.26. The van der Waals surface area contributed by atoms with Crippen molar-refractivity contribution in [1.29, 1.82) is 0 Å². The van der Waals surface area contributed by atoms with Crippen LogP contribution >= 0.6 is 11.6 Å². The molecule has 1 amide bonds. The minimum Gasteiger partial charge on any atom is -0.478 e. The van der Waals surface area contributed by atoms with Crippen molar-refractivity contribution in [2.45, 2.75) is 38.0 Å². The van der Waals surface area contributed by atoms with E-state index in [0.717, 1.165) is 35.9 Å². The quantitative estimate of drug-likeness (QED) is 0.167. The number of carboxylic acids is 1. The Hall–Kier alpha value is -5.47. The van der Waals surface area contributed by atoms with Crippen LogP contribution in [-0.2, 0) is 17.8 Å². The van der Waals surface area contributed by atoms with Crippen molar-refractivity contribution >= 4 is 34.5 Å². The van der Waals surface area contributed by atoms with Gasteiger partial charge in [0.2, 0.25) is 6.10 Å². The summed E-state index contributed by atoms with van der Waals surface area (Å²) in [7, 11) is 0. The van der Waals surface area contributed by atoms with Gasteiger partial charge in [-0.25, -0.2) is 9.48 Å². The van der Waals surface area contributed by atoms with Crippen molar-refractivity contribution in [3.05, 3.63) is 148 Å². The van der Waals surface area contributed by atoms with Crippen LogP contribution in [0.2, 0.25) is 5.02 Å². The number of aliphatic carboxylic acids is 1. The highest BCUT2D eigenvalue weighted by Gasteiger charge is 2.24. The van der Waals surface area contributed by atoms with E-state index in [1.807, 2.05) is 60.7 Å². The van der Waals surface area contributed by atoms with Crippen LogP contribution in [0.1, 0.15) is 57.6 Å². The number of nitrogens with zero attached hydrogens (tertiary/aromatic N) is 3. The molecule has 47 heavy (non-hydrogen) atoms. The van der Waals surface area contributed by atoms with Gasteiger partial charge in [-0.05, 0) is 83.5 Å². The molecule has 2 N–H and O–H groups in total. The molecule has 0 saturated carbocycles. The molecule has 0 saturated heterocycles. The highest BCUT2D eigenvalue weighted by atomic mass is 35.5. The lowest BCUT2D eigenvalue weighted by Crippen LogP contribution is -2.30. The van der Waals surface area contributed by atoms with Crippen molar-refractivity contribution in [3.63, 3.8) is 0 Å². The fraction of sp³-hybridized carbons (Fsp3) is 0.158. The molecule has 7 rings (SSSR count). The summed E-state index contributed by atoms with van der Waals surface area (Å²) in [6, 6.07) is 35.8. The van der Waals surface area contributed by atoms with Gasteiger partial charge in [-0.15, -0.1) is 5.10 Å². The first kappa shape index (κ1) is 30.2. The van der Waals surface area contributed by atoms with Crippen LogP contribution in [0.15, 0.2) is 115 Å². The number of carbonyl (C=O) groups is 2. The highest BCUT2D eigenvalue weighted by Crippen LogP contribution is 2.31. The minimum absolute atomic E-state index is 0.0233. The summed E-state index contributed by atoms with van der Waals surface area (Å²) in [5, 5.41) is 22.3. The van der Waals surface area contributed by atoms with E-state index >= 15 is 0 Å². The third-order valence-corrected chi connectivity index (χ3v) is 8.96. The van der Waals surface area contributed by atoms with Crippen LogP contribution < -0.4 is 10.1 Å². The molecule has 1 aromatic heterocycles. The first-order chi connectivity index (χ1) is 22.9. The summed E-state index contributed by atoms with van der Waals surface area (Å²) in [6.45, 7) is 0.264. The smallest absolute Gasteiger partial charge is 0.349 e. The second-order valence-corrected chi connectivity index (χ2v) is 12.1. The Balaban J connectivity index is 1.07. The summed E-state index contributed by atoms with van der Waals surface area (Å²) in [5.74, 6) is -0.904. The molecule has 0 spiro atoms. The van der Waals surface area contributed by atoms with E-state index in [-0.39, 0.29) is 18.5 Å².